The summed E-state index contributed by atoms with van der Waals surface area (Å²) < 4.78 is 0. The number of amides is 1. The molecule has 2 aromatic rings. The van der Waals surface area contributed by atoms with Crippen molar-refractivity contribution in [3.05, 3.63) is 48.2 Å². The summed E-state index contributed by atoms with van der Waals surface area (Å²) in [5, 5.41) is 23.7. The molecule has 0 saturated carbocycles. The molecule has 1 heterocycles. The number of phenols is 1. The highest BCUT2D eigenvalue weighted by molar-refractivity contribution is 6.11. The number of carbonyl (C=O) groups excluding carboxylic acids is 1. The first kappa shape index (κ1) is 17.8. The van der Waals surface area contributed by atoms with Crippen molar-refractivity contribution in [2.75, 3.05) is 11.9 Å². The van der Waals surface area contributed by atoms with Gasteiger partial charge < -0.3 is 15.3 Å². The summed E-state index contributed by atoms with van der Waals surface area (Å²) in [4.78, 5) is 14.8. The smallest absolute Gasteiger partial charge is 0.267 e. The van der Waals surface area contributed by atoms with Crippen molar-refractivity contribution in [3.63, 3.8) is 0 Å². The quantitative estimate of drug-likeness (QED) is 0.642. The third-order valence-electron chi connectivity index (χ3n) is 4.95. The highest BCUT2D eigenvalue weighted by Gasteiger charge is 2.20. The van der Waals surface area contributed by atoms with E-state index in [9.17, 15) is 15.2 Å². The van der Waals surface area contributed by atoms with E-state index in [1.54, 1.807) is 36.5 Å². The van der Waals surface area contributed by atoms with Crippen LogP contribution in [0.1, 0.15) is 32.6 Å². The number of nitriles is 1. The van der Waals surface area contributed by atoms with Gasteiger partial charge in [0.25, 0.3) is 5.91 Å². The normalized spacial score (nSPS) is 17.8. The summed E-state index contributed by atoms with van der Waals surface area (Å²) in [6.45, 7) is 3.00. The lowest BCUT2D eigenvalue weighted by Gasteiger charge is -2.34. The van der Waals surface area contributed by atoms with Crippen LogP contribution >= 0.6 is 0 Å². The Bertz CT molecular complexity index is 882. The molecular weight excluding hydrogens is 326 g/mol. The van der Waals surface area contributed by atoms with Gasteiger partial charge in [0.1, 0.15) is 17.4 Å². The number of hydrogen-bond donors (Lipinski definition) is 2. The molecule has 5 heteroatoms. The molecule has 1 saturated heterocycles. The van der Waals surface area contributed by atoms with Gasteiger partial charge in [-0.3, -0.25) is 4.79 Å². The second kappa shape index (κ2) is 7.92. The monoisotopic (exact) mass is 349 g/mol. The number of benzene rings is 2. The minimum Gasteiger partial charge on any atom is -0.507 e. The van der Waals surface area contributed by atoms with Crippen molar-refractivity contribution in [2.45, 2.75) is 38.6 Å². The molecule has 0 aromatic heterocycles. The van der Waals surface area contributed by atoms with Crippen molar-refractivity contribution >= 4 is 22.4 Å². The van der Waals surface area contributed by atoms with Gasteiger partial charge in [0.15, 0.2) is 0 Å². The largest absolute Gasteiger partial charge is 0.507 e. The maximum Gasteiger partial charge on any atom is 0.267 e. The summed E-state index contributed by atoms with van der Waals surface area (Å²) >= 11 is 0. The van der Waals surface area contributed by atoms with Crippen LogP contribution in [0.3, 0.4) is 0 Å². The van der Waals surface area contributed by atoms with E-state index in [-0.39, 0.29) is 11.3 Å². The molecule has 1 aliphatic heterocycles. The minimum atomic E-state index is -0.427. The van der Waals surface area contributed by atoms with Crippen LogP contribution < -0.4 is 5.32 Å². The molecule has 0 bridgehead atoms. The van der Waals surface area contributed by atoms with Gasteiger partial charge in [-0.2, -0.15) is 5.26 Å². The predicted molar refractivity (Wildman–Crippen MR) is 103 cm³/mol. The number of piperidine rings is 1. The molecule has 3 rings (SSSR count). The number of carbonyl (C=O) groups is 1. The summed E-state index contributed by atoms with van der Waals surface area (Å²) in [6, 6.07) is 12.9. The Kier molecular flexibility index (Phi) is 5.43. The fourth-order valence-corrected chi connectivity index (χ4v) is 3.53. The van der Waals surface area contributed by atoms with Crippen molar-refractivity contribution in [3.8, 4) is 11.8 Å². The number of anilines is 1. The Morgan fingerprint density at radius 1 is 1.31 bits per heavy atom. The second-order valence-corrected chi connectivity index (χ2v) is 6.58. The Hall–Kier alpha value is -3.00. The van der Waals surface area contributed by atoms with E-state index in [2.05, 4.69) is 17.1 Å². The van der Waals surface area contributed by atoms with Gasteiger partial charge in [-0.25, -0.2) is 0 Å². The van der Waals surface area contributed by atoms with E-state index < -0.39 is 5.91 Å². The molecule has 1 fully saturated rings. The van der Waals surface area contributed by atoms with E-state index in [1.807, 2.05) is 12.1 Å². The van der Waals surface area contributed by atoms with E-state index in [0.29, 0.717) is 17.1 Å². The van der Waals surface area contributed by atoms with Crippen LogP contribution in [-0.2, 0) is 4.79 Å². The molecule has 134 valence electrons. The van der Waals surface area contributed by atoms with Crippen molar-refractivity contribution in [1.29, 1.82) is 5.26 Å². The first-order chi connectivity index (χ1) is 12.6. The first-order valence-electron chi connectivity index (χ1n) is 9.03. The maximum absolute atomic E-state index is 12.6. The van der Waals surface area contributed by atoms with Crippen molar-refractivity contribution in [2.24, 2.45) is 0 Å². The lowest BCUT2D eigenvalue weighted by atomic mass is 10.0. The van der Waals surface area contributed by atoms with Crippen LogP contribution in [0, 0.1) is 11.3 Å². The van der Waals surface area contributed by atoms with Gasteiger partial charge in [-0.05, 0) is 37.8 Å². The Morgan fingerprint density at radius 3 is 2.85 bits per heavy atom. The van der Waals surface area contributed by atoms with Crippen LogP contribution in [0.4, 0.5) is 5.69 Å². The number of fused-ring (bicyclic) bond motifs is 1. The number of nitrogens with zero attached hydrogens (tertiary/aromatic N) is 2. The van der Waals surface area contributed by atoms with E-state index in [0.717, 1.165) is 31.2 Å². The molecule has 1 amide bonds. The van der Waals surface area contributed by atoms with Gasteiger partial charge >= 0.3 is 0 Å². The zero-order chi connectivity index (χ0) is 18.5. The molecule has 2 N–H and O–H groups in total. The summed E-state index contributed by atoms with van der Waals surface area (Å²) in [6.07, 6.45) is 6.06. The number of hydrogen-bond acceptors (Lipinski definition) is 4. The molecule has 1 atom stereocenters. The number of likely N-dealkylation sites (tertiary alicyclic amines) is 1. The van der Waals surface area contributed by atoms with Crippen LogP contribution in [0.2, 0.25) is 0 Å². The summed E-state index contributed by atoms with van der Waals surface area (Å²) in [7, 11) is 0. The van der Waals surface area contributed by atoms with Crippen molar-refractivity contribution in [1.82, 2.24) is 4.90 Å². The second-order valence-electron chi connectivity index (χ2n) is 6.58. The Labute approximate surface area is 153 Å². The molecule has 0 radical (unpaired) electrons. The molecule has 1 aliphatic rings. The lowest BCUT2D eigenvalue weighted by Crippen LogP contribution is -2.35. The number of nitrogens with one attached hydrogen (secondary N) is 1. The van der Waals surface area contributed by atoms with E-state index in [4.69, 9.17) is 0 Å². The van der Waals surface area contributed by atoms with Crippen LogP contribution in [0.25, 0.3) is 10.8 Å². The Balaban J connectivity index is 1.85. The summed E-state index contributed by atoms with van der Waals surface area (Å²) in [5.74, 6) is -0.266. The highest BCUT2D eigenvalue weighted by atomic mass is 16.3. The van der Waals surface area contributed by atoms with Gasteiger partial charge in [0, 0.05) is 35.2 Å². The fraction of sp³-hybridized carbons (Fsp3) is 0.333. The standard InChI is InChI=1S/C21H23N3O2/c1-2-16-7-3-4-12-24(16)14-15(13-22)21(26)23-19-10-5-9-18-17(19)8-6-11-20(18)25/h5-6,8-11,14,16,25H,2-4,7,12H2,1H3,(H,23,26)/b15-14-. The summed E-state index contributed by atoms with van der Waals surface area (Å²) in [5.41, 5.74) is 0.678. The highest BCUT2D eigenvalue weighted by Crippen LogP contribution is 2.30. The first-order valence-corrected chi connectivity index (χ1v) is 9.03. The molecule has 0 spiro atoms. The molecule has 1 unspecified atom stereocenters. The van der Waals surface area contributed by atoms with Crippen LogP contribution in [0.5, 0.6) is 5.75 Å². The number of rotatable bonds is 4. The number of phenolic OH excluding ortho intramolecular Hbond substituents is 1. The van der Waals surface area contributed by atoms with Crippen LogP contribution in [0.15, 0.2) is 48.2 Å². The third-order valence-corrected chi connectivity index (χ3v) is 4.95. The van der Waals surface area contributed by atoms with E-state index >= 15 is 0 Å². The third kappa shape index (κ3) is 3.65. The molecule has 26 heavy (non-hydrogen) atoms. The number of aromatic hydroxyl groups is 1. The predicted octanol–water partition coefficient (Wildman–Crippen LogP) is 4.16. The maximum atomic E-state index is 12.6. The topological polar surface area (TPSA) is 76.4 Å². The minimum absolute atomic E-state index is 0.0995. The van der Waals surface area contributed by atoms with E-state index in [1.165, 1.54) is 6.42 Å². The average Bonchev–Trinajstić information content (AvgIpc) is 2.67. The molecule has 0 aliphatic carbocycles. The van der Waals surface area contributed by atoms with Gasteiger partial charge in [0.2, 0.25) is 0 Å². The zero-order valence-corrected chi connectivity index (χ0v) is 14.9. The molecular formula is C21H23N3O2. The molecule has 2 aromatic carbocycles. The van der Waals surface area contributed by atoms with Gasteiger partial charge in [-0.1, -0.05) is 31.2 Å². The Morgan fingerprint density at radius 2 is 2.08 bits per heavy atom. The van der Waals surface area contributed by atoms with Crippen molar-refractivity contribution < 1.29 is 9.90 Å². The zero-order valence-electron chi connectivity index (χ0n) is 14.9. The SMILES string of the molecule is CCC1CCCCN1/C=C(/C#N)C(=O)Nc1cccc2c(O)cccc12. The molecule has 5 nitrogen and oxygen atoms in total. The fourth-order valence-electron chi connectivity index (χ4n) is 3.53. The van der Waals surface area contributed by atoms with Gasteiger partial charge in [-0.15, -0.1) is 0 Å². The average molecular weight is 349 g/mol. The van der Waals surface area contributed by atoms with Gasteiger partial charge in [0.05, 0.1) is 0 Å². The lowest BCUT2D eigenvalue weighted by molar-refractivity contribution is -0.112. The van der Waals surface area contributed by atoms with Crippen LogP contribution in [-0.4, -0.2) is 28.5 Å².